The number of aromatic hydroxyl groups is 1. The van der Waals surface area contributed by atoms with Crippen LogP contribution in [-0.2, 0) is 0 Å². The molecule has 0 bridgehead atoms. The molecule has 1 atom stereocenters. The molecule has 0 aliphatic heterocycles. The molecule has 0 fully saturated rings. The Morgan fingerprint density at radius 1 is 1.04 bits per heavy atom. The number of phenols is 1. The first kappa shape index (κ1) is 15.3. The molecule has 4 N–H and O–H groups in total. The van der Waals surface area contributed by atoms with Crippen LogP contribution in [0.15, 0.2) is 54.6 Å². The summed E-state index contributed by atoms with van der Waals surface area (Å²) in [4.78, 5) is 4.63. The van der Waals surface area contributed by atoms with E-state index in [1.807, 2.05) is 36.4 Å². The molecule has 1 heterocycles. The van der Waals surface area contributed by atoms with Gasteiger partial charge in [0.25, 0.3) is 0 Å². The zero-order valence-corrected chi connectivity index (χ0v) is 12.5. The van der Waals surface area contributed by atoms with Crippen molar-refractivity contribution < 1.29 is 15.3 Å². The van der Waals surface area contributed by atoms with Gasteiger partial charge in [0.2, 0.25) is 0 Å². The molecule has 1 aromatic heterocycles. The van der Waals surface area contributed by atoms with Crippen molar-refractivity contribution in [3.8, 4) is 17.0 Å². The second-order valence-electron chi connectivity index (χ2n) is 5.34. The smallest absolute Gasteiger partial charge is 0.116 e. The number of aliphatic hydroxyl groups is 2. The summed E-state index contributed by atoms with van der Waals surface area (Å²) in [6.07, 6.45) is -0.851. The van der Waals surface area contributed by atoms with Gasteiger partial charge in [0.05, 0.1) is 23.9 Å². The quantitative estimate of drug-likeness (QED) is 0.581. The van der Waals surface area contributed by atoms with Crippen molar-refractivity contribution in [2.75, 3.05) is 18.5 Å². The number of aromatic nitrogens is 1. The number of hydrogen-bond donors (Lipinski definition) is 4. The molecule has 2 aromatic carbocycles. The lowest BCUT2D eigenvalue weighted by Gasteiger charge is -2.14. The normalized spacial score (nSPS) is 12.3. The molecule has 0 aliphatic carbocycles. The standard InChI is InChI=1S/C18H18N2O3/c21-11-14(23)10-19-18-9-17(12-4-2-1-3-5-12)20-16-7-6-13(22)8-15(16)18/h1-9,14,21-23H,10-11H2,(H,19,20). The summed E-state index contributed by atoms with van der Waals surface area (Å²) in [5.41, 5.74) is 3.26. The minimum Gasteiger partial charge on any atom is -0.508 e. The van der Waals surface area contributed by atoms with E-state index in [9.17, 15) is 10.2 Å². The van der Waals surface area contributed by atoms with Gasteiger partial charge in [-0.15, -0.1) is 0 Å². The Kier molecular flexibility index (Phi) is 4.41. The fourth-order valence-corrected chi connectivity index (χ4v) is 2.41. The van der Waals surface area contributed by atoms with Gasteiger partial charge in [-0.2, -0.15) is 0 Å². The maximum Gasteiger partial charge on any atom is 0.116 e. The Balaban J connectivity index is 2.08. The number of nitrogens with one attached hydrogen (secondary N) is 1. The summed E-state index contributed by atoms with van der Waals surface area (Å²) < 4.78 is 0. The summed E-state index contributed by atoms with van der Waals surface area (Å²) in [5, 5.41) is 32.1. The van der Waals surface area contributed by atoms with Crippen LogP contribution in [0.2, 0.25) is 0 Å². The monoisotopic (exact) mass is 310 g/mol. The van der Waals surface area contributed by atoms with Gasteiger partial charge in [0, 0.05) is 23.2 Å². The first-order valence-corrected chi connectivity index (χ1v) is 7.39. The molecule has 0 spiro atoms. The van der Waals surface area contributed by atoms with E-state index in [1.54, 1.807) is 18.2 Å². The number of aliphatic hydroxyl groups excluding tert-OH is 2. The average Bonchev–Trinajstić information content (AvgIpc) is 2.60. The second kappa shape index (κ2) is 6.64. The molecule has 5 nitrogen and oxygen atoms in total. The fraction of sp³-hybridized carbons (Fsp3) is 0.167. The van der Waals surface area contributed by atoms with E-state index in [0.717, 1.165) is 27.8 Å². The molecular weight excluding hydrogens is 292 g/mol. The summed E-state index contributed by atoms with van der Waals surface area (Å²) >= 11 is 0. The van der Waals surface area contributed by atoms with E-state index < -0.39 is 6.10 Å². The molecule has 118 valence electrons. The molecule has 0 saturated carbocycles. The third-order valence-corrected chi connectivity index (χ3v) is 3.60. The van der Waals surface area contributed by atoms with Crippen molar-refractivity contribution in [1.82, 2.24) is 4.98 Å². The molecule has 0 aliphatic rings. The molecule has 1 unspecified atom stereocenters. The molecule has 0 amide bonds. The van der Waals surface area contributed by atoms with Crippen LogP contribution < -0.4 is 5.32 Å². The van der Waals surface area contributed by atoms with Crippen LogP contribution in [0.4, 0.5) is 5.69 Å². The summed E-state index contributed by atoms with van der Waals surface area (Å²) in [6, 6.07) is 16.6. The molecular formula is C18H18N2O3. The van der Waals surface area contributed by atoms with Crippen molar-refractivity contribution in [2.45, 2.75) is 6.10 Å². The summed E-state index contributed by atoms with van der Waals surface area (Å²) in [7, 11) is 0. The molecule has 3 rings (SSSR count). The zero-order chi connectivity index (χ0) is 16.2. The number of nitrogens with zero attached hydrogens (tertiary/aromatic N) is 1. The maximum absolute atomic E-state index is 9.72. The lowest BCUT2D eigenvalue weighted by Crippen LogP contribution is -2.23. The molecule has 0 radical (unpaired) electrons. The SMILES string of the molecule is OCC(O)CNc1cc(-c2ccccc2)nc2ccc(O)cc12. The van der Waals surface area contributed by atoms with Gasteiger partial charge in [-0.3, -0.25) is 0 Å². The topological polar surface area (TPSA) is 85.6 Å². The number of hydrogen-bond acceptors (Lipinski definition) is 5. The van der Waals surface area contributed by atoms with Crippen molar-refractivity contribution in [1.29, 1.82) is 0 Å². The second-order valence-corrected chi connectivity index (χ2v) is 5.34. The van der Waals surface area contributed by atoms with Crippen LogP contribution in [0.5, 0.6) is 5.75 Å². The number of phenolic OH excluding ortho intramolecular Hbond substituents is 1. The van der Waals surface area contributed by atoms with E-state index in [2.05, 4.69) is 10.3 Å². The Morgan fingerprint density at radius 2 is 1.83 bits per heavy atom. The van der Waals surface area contributed by atoms with Crippen LogP contribution >= 0.6 is 0 Å². The van der Waals surface area contributed by atoms with Crippen LogP contribution in [0.1, 0.15) is 0 Å². The summed E-state index contributed by atoms with van der Waals surface area (Å²) in [6.45, 7) is -0.105. The van der Waals surface area contributed by atoms with Crippen molar-refractivity contribution in [3.63, 3.8) is 0 Å². The zero-order valence-electron chi connectivity index (χ0n) is 12.5. The highest BCUT2D eigenvalue weighted by Crippen LogP contribution is 2.30. The molecule has 0 saturated heterocycles. The molecule has 5 heteroatoms. The van der Waals surface area contributed by atoms with Gasteiger partial charge < -0.3 is 20.6 Å². The first-order valence-electron chi connectivity index (χ1n) is 7.39. The number of rotatable bonds is 5. The summed E-state index contributed by atoms with van der Waals surface area (Å²) in [5.74, 6) is 0.150. The third-order valence-electron chi connectivity index (χ3n) is 3.60. The van der Waals surface area contributed by atoms with Crippen LogP contribution in [-0.4, -0.2) is 39.6 Å². The Labute approximate surface area is 133 Å². The maximum atomic E-state index is 9.72. The Morgan fingerprint density at radius 3 is 2.57 bits per heavy atom. The lowest BCUT2D eigenvalue weighted by atomic mass is 10.1. The Hall–Kier alpha value is -2.63. The van der Waals surface area contributed by atoms with Crippen molar-refractivity contribution >= 4 is 16.6 Å². The molecule has 23 heavy (non-hydrogen) atoms. The number of benzene rings is 2. The number of fused-ring (bicyclic) bond motifs is 1. The van der Waals surface area contributed by atoms with Gasteiger partial charge in [0.15, 0.2) is 0 Å². The highest BCUT2D eigenvalue weighted by Gasteiger charge is 2.10. The Bertz CT molecular complexity index is 806. The van der Waals surface area contributed by atoms with Crippen LogP contribution in [0, 0.1) is 0 Å². The predicted molar refractivity (Wildman–Crippen MR) is 90.4 cm³/mol. The largest absolute Gasteiger partial charge is 0.508 e. The number of anilines is 1. The van der Waals surface area contributed by atoms with E-state index in [0.29, 0.717) is 0 Å². The van der Waals surface area contributed by atoms with Crippen LogP contribution in [0.3, 0.4) is 0 Å². The van der Waals surface area contributed by atoms with Gasteiger partial charge in [-0.1, -0.05) is 30.3 Å². The lowest BCUT2D eigenvalue weighted by molar-refractivity contribution is 0.105. The predicted octanol–water partition coefficient (Wildman–Crippen LogP) is 2.37. The van der Waals surface area contributed by atoms with E-state index >= 15 is 0 Å². The highest BCUT2D eigenvalue weighted by molar-refractivity contribution is 5.94. The minimum atomic E-state index is -0.851. The first-order chi connectivity index (χ1) is 11.2. The van der Waals surface area contributed by atoms with Gasteiger partial charge in [0.1, 0.15) is 5.75 Å². The van der Waals surface area contributed by atoms with Gasteiger partial charge in [-0.05, 0) is 24.3 Å². The highest BCUT2D eigenvalue weighted by atomic mass is 16.3. The van der Waals surface area contributed by atoms with E-state index in [1.165, 1.54) is 0 Å². The minimum absolute atomic E-state index is 0.150. The number of pyridine rings is 1. The fourth-order valence-electron chi connectivity index (χ4n) is 2.41. The van der Waals surface area contributed by atoms with Gasteiger partial charge >= 0.3 is 0 Å². The van der Waals surface area contributed by atoms with Crippen molar-refractivity contribution in [2.24, 2.45) is 0 Å². The van der Waals surface area contributed by atoms with E-state index in [-0.39, 0.29) is 18.9 Å². The van der Waals surface area contributed by atoms with Crippen LogP contribution in [0.25, 0.3) is 22.2 Å². The average molecular weight is 310 g/mol. The molecule has 3 aromatic rings. The van der Waals surface area contributed by atoms with E-state index in [4.69, 9.17) is 5.11 Å². The third kappa shape index (κ3) is 3.41. The van der Waals surface area contributed by atoms with Crippen molar-refractivity contribution in [3.05, 3.63) is 54.6 Å². The van der Waals surface area contributed by atoms with Gasteiger partial charge in [-0.25, -0.2) is 4.98 Å².